The number of benzene rings is 1. The van der Waals surface area contributed by atoms with Crippen LogP contribution in [0.25, 0.3) is 0 Å². The van der Waals surface area contributed by atoms with Crippen LogP contribution in [0.5, 0.6) is 5.75 Å². The van der Waals surface area contributed by atoms with Gasteiger partial charge in [0.15, 0.2) is 0 Å². The van der Waals surface area contributed by atoms with E-state index in [9.17, 15) is 0 Å². The monoisotopic (exact) mass is 259 g/mol. The van der Waals surface area contributed by atoms with E-state index in [2.05, 4.69) is 19.9 Å². The molecule has 1 heterocycles. The summed E-state index contributed by atoms with van der Waals surface area (Å²) < 4.78 is 11.3. The highest BCUT2D eigenvalue weighted by atomic mass is 16.5. The number of para-hydroxylation sites is 1. The van der Waals surface area contributed by atoms with Crippen LogP contribution in [0.4, 0.5) is 0 Å². The third-order valence-corrected chi connectivity index (χ3v) is 3.48. The van der Waals surface area contributed by atoms with Crippen LogP contribution in [0.2, 0.25) is 0 Å². The fourth-order valence-corrected chi connectivity index (χ4v) is 2.06. The lowest BCUT2D eigenvalue weighted by Gasteiger charge is -2.15. The van der Waals surface area contributed by atoms with Crippen molar-refractivity contribution in [3.8, 4) is 5.75 Å². The minimum absolute atomic E-state index is 0.424. The van der Waals surface area contributed by atoms with Crippen molar-refractivity contribution < 1.29 is 9.15 Å². The van der Waals surface area contributed by atoms with Crippen LogP contribution >= 0.6 is 0 Å². The van der Waals surface area contributed by atoms with E-state index in [0.717, 1.165) is 23.5 Å². The summed E-state index contributed by atoms with van der Waals surface area (Å²) in [6.07, 6.45) is 2.75. The molecular weight excluding hydrogens is 238 g/mol. The molecule has 1 aromatic carbocycles. The third kappa shape index (κ3) is 3.18. The molecule has 2 aromatic rings. The van der Waals surface area contributed by atoms with E-state index in [1.807, 2.05) is 24.3 Å². The molecule has 1 atom stereocenters. The Morgan fingerprint density at radius 1 is 1.26 bits per heavy atom. The van der Waals surface area contributed by atoms with Gasteiger partial charge in [-0.25, -0.2) is 0 Å². The van der Waals surface area contributed by atoms with E-state index in [1.54, 1.807) is 6.26 Å². The highest BCUT2D eigenvalue weighted by Crippen LogP contribution is 2.29. The molecule has 0 bridgehead atoms. The van der Waals surface area contributed by atoms with E-state index in [4.69, 9.17) is 14.9 Å². The first-order valence-corrected chi connectivity index (χ1v) is 6.73. The Hall–Kier alpha value is -1.74. The van der Waals surface area contributed by atoms with Crippen molar-refractivity contribution >= 4 is 0 Å². The summed E-state index contributed by atoms with van der Waals surface area (Å²) in [7, 11) is 0. The molecule has 0 fully saturated rings. The maximum atomic E-state index is 5.90. The van der Waals surface area contributed by atoms with Gasteiger partial charge in [0.25, 0.3) is 0 Å². The predicted molar refractivity (Wildman–Crippen MR) is 76.1 cm³/mol. The quantitative estimate of drug-likeness (QED) is 0.857. The summed E-state index contributed by atoms with van der Waals surface area (Å²) in [5.41, 5.74) is 7.89. The van der Waals surface area contributed by atoms with E-state index in [0.29, 0.717) is 19.1 Å². The normalized spacial score (nSPS) is 12.4. The average molecular weight is 259 g/mol. The van der Waals surface area contributed by atoms with Gasteiger partial charge in [0.1, 0.15) is 18.1 Å². The molecular formula is C16H21NO2. The standard InChI is InChI=1S/C16H21NO2/c1-3-12(2)14-6-4-5-7-15(14)19-11-16-13(10-17)8-9-18-16/h4-9,12H,3,10-11,17H2,1-2H3. The average Bonchev–Trinajstić information content (AvgIpc) is 2.92. The van der Waals surface area contributed by atoms with Gasteiger partial charge < -0.3 is 14.9 Å². The molecule has 0 saturated carbocycles. The first-order chi connectivity index (χ1) is 9.26. The molecule has 1 unspecified atom stereocenters. The Kier molecular flexibility index (Phi) is 4.63. The minimum atomic E-state index is 0.424. The zero-order valence-electron chi connectivity index (χ0n) is 11.6. The maximum Gasteiger partial charge on any atom is 0.146 e. The van der Waals surface area contributed by atoms with Crippen molar-refractivity contribution in [1.82, 2.24) is 0 Å². The molecule has 0 spiro atoms. The lowest BCUT2D eigenvalue weighted by atomic mass is 9.98. The number of hydrogen-bond acceptors (Lipinski definition) is 3. The van der Waals surface area contributed by atoms with E-state index in [-0.39, 0.29) is 0 Å². The number of nitrogens with two attached hydrogens (primary N) is 1. The number of furan rings is 1. The number of rotatable bonds is 6. The second-order valence-electron chi connectivity index (χ2n) is 4.71. The maximum absolute atomic E-state index is 5.90. The summed E-state index contributed by atoms with van der Waals surface area (Å²) in [6, 6.07) is 10.1. The van der Waals surface area contributed by atoms with E-state index in [1.165, 1.54) is 5.56 Å². The zero-order valence-corrected chi connectivity index (χ0v) is 11.6. The zero-order chi connectivity index (χ0) is 13.7. The molecule has 2 N–H and O–H groups in total. The van der Waals surface area contributed by atoms with E-state index >= 15 is 0 Å². The summed E-state index contributed by atoms with van der Waals surface area (Å²) in [4.78, 5) is 0. The molecule has 0 aliphatic rings. The Balaban J connectivity index is 2.11. The van der Waals surface area contributed by atoms with Gasteiger partial charge in [0.2, 0.25) is 0 Å². The molecule has 19 heavy (non-hydrogen) atoms. The molecule has 0 saturated heterocycles. The van der Waals surface area contributed by atoms with Crippen LogP contribution in [-0.2, 0) is 13.2 Å². The van der Waals surface area contributed by atoms with Crippen LogP contribution in [0.1, 0.15) is 43.1 Å². The number of ether oxygens (including phenoxy) is 1. The van der Waals surface area contributed by atoms with E-state index < -0.39 is 0 Å². The Morgan fingerprint density at radius 2 is 2.05 bits per heavy atom. The van der Waals surface area contributed by atoms with Gasteiger partial charge >= 0.3 is 0 Å². The molecule has 0 amide bonds. The highest BCUT2D eigenvalue weighted by Gasteiger charge is 2.11. The predicted octanol–water partition coefficient (Wildman–Crippen LogP) is 3.83. The molecule has 0 aliphatic heterocycles. The Morgan fingerprint density at radius 3 is 2.79 bits per heavy atom. The van der Waals surface area contributed by atoms with Crippen molar-refractivity contribution in [2.75, 3.05) is 0 Å². The van der Waals surface area contributed by atoms with Gasteiger partial charge in [0.05, 0.1) is 6.26 Å². The topological polar surface area (TPSA) is 48.4 Å². The van der Waals surface area contributed by atoms with Crippen LogP contribution in [-0.4, -0.2) is 0 Å². The smallest absolute Gasteiger partial charge is 0.146 e. The lowest BCUT2D eigenvalue weighted by Crippen LogP contribution is -2.04. The Labute approximate surface area is 114 Å². The van der Waals surface area contributed by atoms with Crippen molar-refractivity contribution in [3.63, 3.8) is 0 Å². The van der Waals surface area contributed by atoms with Crippen LogP contribution in [0.15, 0.2) is 41.0 Å². The molecule has 3 heteroatoms. The second kappa shape index (κ2) is 6.43. The second-order valence-corrected chi connectivity index (χ2v) is 4.71. The SMILES string of the molecule is CCC(C)c1ccccc1OCc1occc1CN. The molecule has 2 rings (SSSR count). The van der Waals surface area contributed by atoms with Crippen molar-refractivity contribution in [2.45, 2.75) is 39.3 Å². The van der Waals surface area contributed by atoms with Crippen LogP contribution < -0.4 is 10.5 Å². The van der Waals surface area contributed by atoms with Gasteiger partial charge in [-0.3, -0.25) is 0 Å². The van der Waals surface area contributed by atoms with Crippen LogP contribution in [0, 0.1) is 0 Å². The summed E-state index contributed by atoms with van der Waals surface area (Å²) in [6.45, 7) is 5.29. The summed E-state index contributed by atoms with van der Waals surface area (Å²) >= 11 is 0. The molecule has 1 aromatic heterocycles. The van der Waals surface area contributed by atoms with Crippen molar-refractivity contribution in [3.05, 3.63) is 53.5 Å². The van der Waals surface area contributed by atoms with Crippen molar-refractivity contribution in [1.29, 1.82) is 0 Å². The number of hydrogen-bond donors (Lipinski definition) is 1. The fraction of sp³-hybridized carbons (Fsp3) is 0.375. The Bertz CT molecular complexity index is 519. The van der Waals surface area contributed by atoms with Gasteiger partial charge in [0, 0.05) is 12.1 Å². The highest BCUT2D eigenvalue weighted by molar-refractivity contribution is 5.36. The van der Waals surface area contributed by atoms with Gasteiger partial charge in [-0.1, -0.05) is 32.0 Å². The lowest BCUT2D eigenvalue weighted by molar-refractivity contribution is 0.265. The van der Waals surface area contributed by atoms with Gasteiger partial charge in [-0.05, 0) is 30.0 Å². The molecule has 0 radical (unpaired) electrons. The molecule has 3 nitrogen and oxygen atoms in total. The first kappa shape index (κ1) is 13.7. The summed E-state index contributed by atoms with van der Waals surface area (Å²) in [5.74, 6) is 2.22. The van der Waals surface area contributed by atoms with Gasteiger partial charge in [-0.2, -0.15) is 0 Å². The first-order valence-electron chi connectivity index (χ1n) is 6.73. The van der Waals surface area contributed by atoms with Gasteiger partial charge in [-0.15, -0.1) is 0 Å². The van der Waals surface area contributed by atoms with Crippen LogP contribution in [0.3, 0.4) is 0 Å². The van der Waals surface area contributed by atoms with Crippen molar-refractivity contribution in [2.24, 2.45) is 5.73 Å². The minimum Gasteiger partial charge on any atom is -0.485 e. The molecule has 0 aliphatic carbocycles. The molecule has 102 valence electrons. The fourth-order valence-electron chi connectivity index (χ4n) is 2.06. The largest absolute Gasteiger partial charge is 0.485 e. The summed E-state index contributed by atoms with van der Waals surface area (Å²) in [5, 5.41) is 0. The third-order valence-electron chi connectivity index (χ3n) is 3.48.